The number of nitrogens with one attached hydrogen (secondary N) is 1. The number of hydrogen-bond donors (Lipinski definition) is 1. The molecule has 1 saturated heterocycles. The van der Waals surface area contributed by atoms with Crippen LogP contribution in [0.5, 0.6) is 0 Å². The first-order valence-electron chi connectivity index (χ1n) is 8.08. The molecule has 2 aromatic rings. The van der Waals surface area contributed by atoms with E-state index in [0.717, 1.165) is 31.5 Å². The van der Waals surface area contributed by atoms with Crippen LogP contribution in [0, 0.1) is 0 Å². The normalized spacial score (nSPS) is 15.0. The fourth-order valence-corrected chi connectivity index (χ4v) is 2.67. The number of carbonyl (C=O) groups is 1. The van der Waals surface area contributed by atoms with Gasteiger partial charge in [-0.1, -0.05) is 18.9 Å². The fourth-order valence-electron chi connectivity index (χ4n) is 2.67. The van der Waals surface area contributed by atoms with Crippen LogP contribution < -0.4 is 10.2 Å². The molecule has 0 unspecified atom stereocenters. The van der Waals surface area contributed by atoms with Gasteiger partial charge in [0.05, 0.1) is 0 Å². The Labute approximate surface area is 136 Å². The van der Waals surface area contributed by atoms with Crippen LogP contribution in [0.2, 0.25) is 0 Å². The molecule has 2 aromatic heterocycles. The van der Waals surface area contributed by atoms with Gasteiger partial charge in [0.15, 0.2) is 0 Å². The van der Waals surface area contributed by atoms with E-state index in [-0.39, 0.29) is 5.91 Å². The van der Waals surface area contributed by atoms with Crippen molar-refractivity contribution in [1.29, 1.82) is 0 Å². The monoisotopic (exact) mass is 311 g/mol. The molecule has 0 bridgehead atoms. The van der Waals surface area contributed by atoms with Crippen LogP contribution in [0.25, 0.3) is 0 Å². The Bertz CT molecular complexity index is 638. The highest BCUT2D eigenvalue weighted by molar-refractivity contribution is 5.92. The number of carbonyl (C=O) groups excluding carboxylic acids is 1. The zero-order chi connectivity index (χ0) is 15.9. The van der Waals surface area contributed by atoms with Gasteiger partial charge < -0.3 is 10.2 Å². The number of rotatable bonds is 4. The zero-order valence-corrected chi connectivity index (χ0v) is 13.1. The second kappa shape index (κ2) is 7.67. The highest BCUT2D eigenvalue weighted by atomic mass is 16.1. The molecule has 0 radical (unpaired) electrons. The molecule has 0 aromatic carbocycles. The van der Waals surface area contributed by atoms with Crippen molar-refractivity contribution in [3.8, 4) is 0 Å². The fraction of sp³-hybridized carbons (Fsp3) is 0.412. The number of amides is 1. The van der Waals surface area contributed by atoms with Gasteiger partial charge in [0.2, 0.25) is 5.95 Å². The molecule has 1 fully saturated rings. The molecule has 0 spiro atoms. The van der Waals surface area contributed by atoms with Gasteiger partial charge in [-0.3, -0.25) is 9.78 Å². The van der Waals surface area contributed by atoms with Gasteiger partial charge in [-0.15, -0.1) is 0 Å². The third-order valence-electron chi connectivity index (χ3n) is 3.94. The van der Waals surface area contributed by atoms with Crippen LogP contribution in [-0.2, 0) is 6.54 Å². The molecule has 0 atom stereocenters. The Morgan fingerprint density at radius 3 is 2.70 bits per heavy atom. The lowest BCUT2D eigenvalue weighted by atomic mass is 10.2. The predicted octanol–water partition coefficient (Wildman–Crippen LogP) is 2.18. The van der Waals surface area contributed by atoms with Crippen LogP contribution in [0.4, 0.5) is 5.95 Å². The molecule has 3 heterocycles. The van der Waals surface area contributed by atoms with Crippen molar-refractivity contribution in [2.45, 2.75) is 32.2 Å². The second-order valence-electron chi connectivity index (χ2n) is 5.69. The molecule has 6 heteroatoms. The highest BCUT2D eigenvalue weighted by Gasteiger charge is 2.15. The maximum absolute atomic E-state index is 12.3. The molecule has 1 amide bonds. The summed E-state index contributed by atoms with van der Waals surface area (Å²) < 4.78 is 0. The second-order valence-corrected chi connectivity index (χ2v) is 5.69. The largest absolute Gasteiger partial charge is 0.347 e. The van der Waals surface area contributed by atoms with Crippen LogP contribution in [0.1, 0.15) is 41.7 Å². The topological polar surface area (TPSA) is 71.0 Å². The van der Waals surface area contributed by atoms with Crippen LogP contribution in [0.3, 0.4) is 0 Å². The number of anilines is 1. The van der Waals surface area contributed by atoms with Crippen molar-refractivity contribution in [2.24, 2.45) is 0 Å². The molecule has 0 saturated carbocycles. The molecule has 120 valence electrons. The van der Waals surface area contributed by atoms with Gasteiger partial charge in [0.1, 0.15) is 5.69 Å². The van der Waals surface area contributed by atoms with Gasteiger partial charge in [-0.05, 0) is 30.5 Å². The lowest BCUT2D eigenvalue weighted by Crippen LogP contribution is -2.28. The maximum atomic E-state index is 12.3. The third kappa shape index (κ3) is 4.25. The summed E-state index contributed by atoms with van der Waals surface area (Å²) in [5.41, 5.74) is 1.37. The standard InChI is InChI=1S/C17H21N5O/c23-16(20-13-14-6-5-8-18-12-14)15-7-9-19-17(21-15)22-10-3-1-2-4-11-22/h5-9,12H,1-4,10-11,13H2,(H,20,23). The molecular formula is C17H21N5O. The molecule has 0 aliphatic carbocycles. The van der Waals surface area contributed by atoms with Gasteiger partial charge in [-0.2, -0.15) is 0 Å². The van der Waals surface area contributed by atoms with Crippen molar-refractivity contribution in [1.82, 2.24) is 20.3 Å². The Morgan fingerprint density at radius 2 is 1.96 bits per heavy atom. The Hall–Kier alpha value is -2.50. The molecule has 3 rings (SSSR count). The predicted molar refractivity (Wildman–Crippen MR) is 88.1 cm³/mol. The van der Waals surface area contributed by atoms with E-state index in [4.69, 9.17) is 0 Å². The average Bonchev–Trinajstić information content (AvgIpc) is 2.90. The van der Waals surface area contributed by atoms with E-state index in [0.29, 0.717) is 18.2 Å². The lowest BCUT2D eigenvalue weighted by molar-refractivity contribution is 0.0946. The van der Waals surface area contributed by atoms with E-state index < -0.39 is 0 Å². The summed E-state index contributed by atoms with van der Waals surface area (Å²) in [6.45, 7) is 2.36. The van der Waals surface area contributed by atoms with Crippen molar-refractivity contribution < 1.29 is 4.79 Å². The van der Waals surface area contributed by atoms with Crippen LogP contribution in [-0.4, -0.2) is 33.9 Å². The molecule has 23 heavy (non-hydrogen) atoms. The Balaban J connectivity index is 1.65. The van der Waals surface area contributed by atoms with Crippen molar-refractivity contribution in [3.63, 3.8) is 0 Å². The van der Waals surface area contributed by atoms with E-state index in [1.807, 2.05) is 12.1 Å². The van der Waals surface area contributed by atoms with Crippen LogP contribution >= 0.6 is 0 Å². The molecule has 1 aliphatic heterocycles. The third-order valence-corrected chi connectivity index (χ3v) is 3.94. The summed E-state index contributed by atoms with van der Waals surface area (Å²) >= 11 is 0. The van der Waals surface area contributed by atoms with Gasteiger partial charge in [-0.25, -0.2) is 9.97 Å². The van der Waals surface area contributed by atoms with E-state index in [1.54, 1.807) is 24.7 Å². The SMILES string of the molecule is O=C(NCc1cccnc1)c1ccnc(N2CCCCCC2)n1. The molecule has 6 nitrogen and oxygen atoms in total. The van der Waals surface area contributed by atoms with E-state index >= 15 is 0 Å². The van der Waals surface area contributed by atoms with Gasteiger partial charge in [0, 0.05) is 38.2 Å². The Kier molecular flexibility index (Phi) is 5.13. The first-order chi connectivity index (χ1) is 11.3. The minimum Gasteiger partial charge on any atom is -0.347 e. The van der Waals surface area contributed by atoms with Crippen LogP contribution in [0.15, 0.2) is 36.8 Å². The number of pyridine rings is 1. The molecule has 1 aliphatic rings. The highest BCUT2D eigenvalue weighted by Crippen LogP contribution is 2.15. The summed E-state index contributed by atoms with van der Waals surface area (Å²) in [6, 6.07) is 5.43. The summed E-state index contributed by atoms with van der Waals surface area (Å²) in [7, 11) is 0. The molecular weight excluding hydrogens is 290 g/mol. The zero-order valence-electron chi connectivity index (χ0n) is 13.1. The van der Waals surface area contributed by atoms with E-state index in [2.05, 4.69) is 25.2 Å². The van der Waals surface area contributed by atoms with Crippen molar-refractivity contribution >= 4 is 11.9 Å². The minimum atomic E-state index is -0.188. The Morgan fingerprint density at radius 1 is 1.13 bits per heavy atom. The number of aromatic nitrogens is 3. The summed E-state index contributed by atoms with van der Waals surface area (Å²) in [4.78, 5) is 27.3. The smallest absolute Gasteiger partial charge is 0.270 e. The summed E-state index contributed by atoms with van der Waals surface area (Å²) in [5, 5.41) is 2.87. The van der Waals surface area contributed by atoms with E-state index in [9.17, 15) is 4.79 Å². The summed E-state index contributed by atoms with van der Waals surface area (Å²) in [6.07, 6.45) is 9.92. The number of hydrogen-bond acceptors (Lipinski definition) is 5. The molecule has 1 N–H and O–H groups in total. The quantitative estimate of drug-likeness (QED) is 0.937. The average molecular weight is 311 g/mol. The summed E-state index contributed by atoms with van der Waals surface area (Å²) in [5.74, 6) is 0.466. The minimum absolute atomic E-state index is 0.188. The van der Waals surface area contributed by atoms with Crippen molar-refractivity contribution in [2.75, 3.05) is 18.0 Å². The number of nitrogens with zero attached hydrogens (tertiary/aromatic N) is 4. The first-order valence-corrected chi connectivity index (χ1v) is 8.08. The lowest BCUT2D eigenvalue weighted by Gasteiger charge is -2.20. The maximum Gasteiger partial charge on any atom is 0.270 e. The van der Waals surface area contributed by atoms with E-state index in [1.165, 1.54) is 12.8 Å². The van der Waals surface area contributed by atoms with Crippen molar-refractivity contribution in [3.05, 3.63) is 48.0 Å². The first kappa shape index (κ1) is 15.4. The van der Waals surface area contributed by atoms with Gasteiger partial charge >= 0.3 is 0 Å². The van der Waals surface area contributed by atoms with Gasteiger partial charge in [0.25, 0.3) is 5.91 Å².